The van der Waals surface area contributed by atoms with E-state index >= 15 is 0 Å². The molecule has 220 valence electrons. The van der Waals surface area contributed by atoms with Crippen LogP contribution in [-0.2, 0) is 11.0 Å². The van der Waals surface area contributed by atoms with Gasteiger partial charge in [-0.05, 0) is 25.0 Å². The molecule has 3 aromatic heterocycles. The van der Waals surface area contributed by atoms with Crippen LogP contribution in [0.1, 0.15) is 41.6 Å². The topological polar surface area (TPSA) is 128 Å². The van der Waals surface area contributed by atoms with Gasteiger partial charge in [-0.1, -0.05) is 0 Å². The average molecular weight is 586 g/mol. The fourth-order valence-electron chi connectivity index (χ4n) is 5.28. The molecule has 1 aliphatic carbocycles. The van der Waals surface area contributed by atoms with E-state index in [1.165, 1.54) is 24.3 Å². The summed E-state index contributed by atoms with van der Waals surface area (Å²) in [7, 11) is 1.22. The molecular formula is C25H25F6N7O3. The SMILES string of the molecule is COc1ncc(-c2cc(C(F)(F)F)c3c(N)ncnn23)cc1C(=O)N[C@@H]1CN(C(=O)C2CCC(F)(F)CC2)C[C@@H]1F. The van der Waals surface area contributed by atoms with Gasteiger partial charge in [-0.15, -0.1) is 0 Å². The normalized spacial score (nSPS) is 21.3. The summed E-state index contributed by atoms with van der Waals surface area (Å²) < 4.78 is 89.2. The predicted octanol–water partition coefficient (Wildman–Crippen LogP) is 3.51. The molecule has 0 aromatic carbocycles. The van der Waals surface area contributed by atoms with Gasteiger partial charge in [0.2, 0.25) is 17.7 Å². The minimum Gasteiger partial charge on any atom is -0.480 e. The highest BCUT2D eigenvalue weighted by Crippen LogP contribution is 2.39. The molecule has 2 amide bonds. The summed E-state index contributed by atoms with van der Waals surface area (Å²) in [5.74, 6) is -5.34. The first-order valence-corrected chi connectivity index (χ1v) is 12.6. The van der Waals surface area contributed by atoms with Crippen LogP contribution in [0.2, 0.25) is 0 Å². The van der Waals surface area contributed by atoms with E-state index in [9.17, 15) is 35.9 Å². The molecule has 1 saturated heterocycles. The number of halogens is 6. The van der Waals surface area contributed by atoms with Crippen molar-refractivity contribution in [2.24, 2.45) is 5.92 Å². The van der Waals surface area contributed by atoms with Crippen LogP contribution in [0.4, 0.5) is 32.2 Å². The first-order valence-electron chi connectivity index (χ1n) is 12.6. The highest BCUT2D eigenvalue weighted by Gasteiger charge is 2.43. The lowest BCUT2D eigenvalue weighted by Gasteiger charge is -2.30. The van der Waals surface area contributed by atoms with Crippen molar-refractivity contribution in [2.75, 3.05) is 25.9 Å². The number of likely N-dealkylation sites (tertiary alicyclic amines) is 1. The molecule has 4 heterocycles. The Morgan fingerprint density at radius 2 is 1.85 bits per heavy atom. The molecule has 3 aromatic rings. The molecular weight excluding hydrogens is 560 g/mol. The molecule has 1 saturated carbocycles. The molecule has 3 N–H and O–H groups in total. The van der Waals surface area contributed by atoms with E-state index in [4.69, 9.17) is 10.5 Å². The summed E-state index contributed by atoms with van der Waals surface area (Å²) in [6, 6.07) is 0.891. The fourth-order valence-corrected chi connectivity index (χ4v) is 5.28. The molecule has 10 nitrogen and oxygen atoms in total. The molecule has 2 fully saturated rings. The van der Waals surface area contributed by atoms with Gasteiger partial charge >= 0.3 is 6.18 Å². The lowest BCUT2D eigenvalue weighted by atomic mass is 9.86. The zero-order valence-electron chi connectivity index (χ0n) is 21.6. The van der Waals surface area contributed by atoms with E-state index in [0.717, 1.165) is 16.9 Å². The Morgan fingerprint density at radius 1 is 1.15 bits per heavy atom. The fraction of sp³-hybridized carbons (Fsp3) is 0.480. The molecule has 16 heteroatoms. The number of methoxy groups -OCH3 is 1. The summed E-state index contributed by atoms with van der Waals surface area (Å²) in [4.78, 5) is 34.9. The first kappa shape index (κ1) is 28.4. The van der Waals surface area contributed by atoms with Crippen molar-refractivity contribution in [3.8, 4) is 17.1 Å². The Bertz CT molecular complexity index is 1480. The maximum Gasteiger partial charge on any atom is 0.418 e. The van der Waals surface area contributed by atoms with Crippen molar-refractivity contribution in [3.05, 3.63) is 35.8 Å². The Balaban J connectivity index is 1.38. The van der Waals surface area contributed by atoms with Gasteiger partial charge in [0.05, 0.1) is 31.0 Å². The number of pyridine rings is 1. The molecule has 41 heavy (non-hydrogen) atoms. The molecule has 0 radical (unpaired) electrons. The van der Waals surface area contributed by atoms with E-state index in [2.05, 4.69) is 20.4 Å². The number of ether oxygens (including phenoxy) is 1. The molecule has 5 rings (SSSR count). The Hall–Kier alpha value is -4.11. The summed E-state index contributed by atoms with van der Waals surface area (Å²) >= 11 is 0. The number of hydrogen-bond acceptors (Lipinski definition) is 7. The summed E-state index contributed by atoms with van der Waals surface area (Å²) in [5.41, 5.74) is 3.88. The number of carbonyl (C=O) groups excluding carboxylic acids is 2. The van der Waals surface area contributed by atoms with Gasteiger partial charge in [-0.25, -0.2) is 27.7 Å². The van der Waals surface area contributed by atoms with E-state index in [0.29, 0.717) is 0 Å². The molecule has 1 aliphatic heterocycles. The maximum absolute atomic E-state index is 14.9. The van der Waals surface area contributed by atoms with Crippen LogP contribution in [0.15, 0.2) is 24.7 Å². The van der Waals surface area contributed by atoms with Crippen molar-refractivity contribution in [3.63, 3.8) is 0 Å². The standard InChI is InChI=1S/C25H25F6N7O3/c1-41-22-14(6-13(8-33-22)18-7-15(25(29,30)31)19-20(32)34-11-35-38(18)19)21(39)36-17-10-37(9-16(17)26)23(40)12-2-4-24(27,28)5-3-12/h6-8,11-12,16-17H,2-5,9-10H2,1H3,(H,36,39)(H2,32,34,35)/t16-,17+/m0/s1. The number of fused-ring (bicyclic) bond motifs is 1. The lowest BCUT2D eigenvalue weighted by Crippen LogP contribution is -2.43. The number of hydrogen-bond donors (Lipinski definition) is 2. The predicted molar refractivity (Wildman–Crippen MR) is 132 cm³/mol. The third kappa shape index (κ3) is 5.46. The Morgan fingerprint density at radius 3 is 2.51 bits per heavy atom. The van der Waals surface area contributed by atoms with Crippen LogP contribution in [-0.4, -0.2) is 74.6 Å². The van der Waals surface area contributed by atoms with Crippen molar-refractivity contribution >= 4 is 23.1 Å². The maximum atomic E-state index is 14.9. The number of alkyl halides is 6. The third-order valence-electron chi connectivity index (χ3n) is 7.42. The summed E-state index contributed by atoms with van der Waals surface area (Å²) in [6.07, 6.45) is -5.12. The minimum atomic E-state index is -4.79. The number of rotatable bonds is 5. The second-order valence-corrected chi connectivity index (χ2v) is 10.1. The molecule has 2 aliphatic rings. The smallest absolute Gasteiger partial charge is 0.418 e. The number of aromatic nitrogens is 4. The molecule has 0 spiro atoms. The van der Waals surface area contributed by atoms with Gasteiger partial charge < -0.3 is 20.7 Å². The lowest BCUT2D eigenvalue weighted by molar-refractivity contribution is -0.139. The number of nitrogens with zero attached hydrogens (tertiary/aromatic N) is 5. The minimum absolute atomic E-state index is 0.00693. The quantitative estimate of drug-likeness (QED) is 0.439. The largest absolute Gasteiger partial charge is 0.480 e. The highest BCUT2D eigenvalue weighted by molar-refractivity contribution is 5.98. The van der Waals surface area contributed by atoms with Gasteiger partial charge in [0, 0.05) is 37.1 Å². The molecule has 2 atom stereocenters. The van der Waals surface area contributed by atoms with Crippen molar-refractivity contribution in [2.45, 2.75) is 50.0 Å². The van der Waals surface area contributed by atoms with Gasteiger partial charge in [0.25, 0.3) is 5.91 Å². The van der Waals surface area contributed by atoms with Gasteiger partial charge in [-0.3, -0.25) is 9.59 Å². The zero-order valence-corrected chi connectivity index (χ0v) is 21.6. The second-order valence-electron chi connectivity index (χ2n) is 10.1. The van der Waals surface area contributed by atoms with E-state index in [-0.39, 0.29) is 48.6 Å². The van der Waals surface area contributed by atoms with Gasteiger partial charge in [0.1, 0.15) is 23.6 Å². The van der Waals surface area contributed by atoms with Crippen LogP contribution >= 0.6 is 0 Å². The van der Waals surface area contributed by atoms with Crippen LogP contribution in [0.5, 0.6) is 5.88 Å². The Labute approximate surface area is 228 Å². The van der Waals surface area contributed by atoms with Crippen molar-refractivity contribution in [1.82, 2.24) is 29.8 Å². The zero-order chi connectivity index (χ0) is 29.7. The average Bonchev–Trinajstić information content (AvgIpc) is 3.49. The van der Waals surface area contributed by atoms with Crippen LogP contribution in [0.25, 0.3) is 16.8 Å². The number of carbonyl (C=O) groups is 2. The van der Waals surface area contributed by atoms with E-state index < -0.39 is 71.8 Å². The summed E-state index contributed by atoms with van der Waals surface area (Å²) in [6.45, 7) is -0.494. The van der Waals surface area contributed by atoms with Crippen LogP contribution < -0.4 is 15.8 Å². The Kier molecular flexibility index (Phi) is 7.19. The number of nitrogens with two attached hydrogens (primary N) is 1. The monoisotopic (exact) mass is 585 g/mol. The second kappa shape index (κ2) is 10.4. The molecule has 0 bridgehead atoms. The number of amides is 2. The summed E-state index contributed by atoms with van der Waals surface area (Å²) in [5, 5.41) is 6.37. The third-order valence-corrected chi connectivity index (χ3v) is 7.42. The van der Waals surface area contributed by atoms with Crippen LogP contribution in [0, 0.1) is 5.92 Å². The van der Waals surface area contributed by atoms with Gasteiger partial charge in [-0.2, -0.15) is 18.3 Å². The molecule has 0 unspecified atom stereocenters. The van der Waals surface area contributed by atoms with Crippen LogP contribution in [0.3, 0.4) is 0 Å². The highest BCUT2D eigenvalue weighted by atomic mass is 19.4. The first-order chi connectivity index (χ1) is 19.3. The van der Waals surface area contributed by atoms with Crippen molar-refractivity contribution in [1.29, 1.82) is 0 Å². The number of anilines is 1. The van der Waals surface area contributed by atoms with Gasteiger partial charge in [0.15, 0.2) is 5.82 Å². The number of nitrogen functional groups attached to an aromatic ring is 1. The van der Waals surface area contributed by atoms with E-state index in [1.54, 1.807) is 0 Å². The van der Waals surface area contributed by atoms with Crippen molar-refractivity contribution < 1.29 is 40.7 Å². The van der Waals surface area contributed by atoms with E-state index in [1.807, 2.05) is 0 Å². The number of nitrogens with one attached hydrogen (secondary N) is 1.